The lowest BCUT2D eigenvalue weighted by Gasteiger charge is -2.32. The molecule has 7 rings (SSSR count). The van der Waals surface area contributed by atoms with Crippen LogP contribution in [0.25, 0.3) is 32.4 Å². The molecule has 2 atom stereocenters. The maximum Gasteiger partial charge on any atom is 0.420 e. The molecule has 3 N–H and O–H groups in total. The molecule has 0 bridgehead atoms. The molecule has 0 unspecified atom stereocenters. The monoisotopic (exact) mass is 624 g/mol. The van der Waals surface area contributed by atoms with Crippen LogP contribution in [0.4, 0.5) is 37.3 Å². The minimum atomic E-state index is -5.07. The first kappa shape index (κ1) is 28.3. The van der Waals surface area contributed by atoms with Gasteiger partial charge in [0.25, 0.3) is 0 Å². The third-order valence-electron chi connectivity index (χ3n) is 8.46. The third kappa shape index (κ3) is 4.79. The van der Waals surface area contributed by atoms with E-state index in [0.717, 1.165) is 12.6 Å². The lowest BCUT2D eigenvalue weighted by molar-refractivity contribution is -0.136. The first-order valence-electron chi connectivity index (χ1n) is 13.8. The Morgan fingerprint density at radius 3 is 2.65 bits per heavy atom. The van der Waals surface area contributed by atoms with Crippen LogP contribution in [0.15, 0.2) is 12.3 Å². The number of nitrogens with zero attached hydrogens (tertiary/aromatic N) is 6. The number of aromatic nitrogens is 4. The van der Waals surface area contributed by atoms with Gasteiger partial charge in [-0.15, -0.1) is 0 Å². The van der Waals surface area contributed by atoms with Gasteiger partial charge in [-0.1, -0.05) is 11.3 Å². The number of ether oxygens (including phenoxy) is 1. The van der Waals surface area contributed by atoms with Gasteiger partial charge in [0, 0.05) is 51.4 Å². The Bertz CT molecular complexity index is 1730. The minimum Gasteiger partial charge on any atom is -0.461 e. The summed E-state index contributed by atoms with van der Waals surface area (Å²) in [4.78, 5) is 20.6. The summed E-state index contributed by atoms with van der Waals surface area (Å²) >= 11 is 0.690. The highest BCUT2D eigenvalue weighted by molar-refractivity contribution is 7.22. The summed E-state index contributed by atoms with van der Waals surface area (Å²) in [5.74, 6) is -2.09. The Kier molecular flexibility index (Phi) is 6.77. The smallest absolute Gasteiger partial charge is 0.420 e. The van der Waals surface area contributed by atoms with Crippen LogP contribution in [-0.2, 0) is 6.18 Å². The average molecular weight is 625 g/mol. The number of thiazole rings is 1. The molecule has 0 radical (unpaired) electrons. The van der Waals surface area contributed by atoms with Crippen molar-refractivity contribution in [2.24, 2.45) is 0 Å². The second kappa shape index (κ2) is 10.3. The standard InChI is InChI=1S/C27H26F6N8OS/c28-13-9-26(2-1-5-41(26)11-13)12-42-25-38-19-14(23(39-25)40-6-3-35-4-7-40)10-36-20(18(19)27(31,32)33)17-15(29)8-16(30)22-21(17)37-24(34)43-22/h8,10,13,35H,1-7,9,11-12H2,(H2,34,37)/t13-,26+/m1/s1. The van der Waals surface area contributed by atoms with E-state index < -0.39 is 51.9 Å². The van der Waals surface area contributed by atoms with Gasteiger partial charge in [0.05, 0.1) is 37.9 Å². The van der Waals surface area contributed by atoms with E-state index in [4.69, 9.17) is 10.5 Å². The first-order valence-corrected chi connectivity index (χ1v) is 14.7. The predicted octanol–water partition coefficient (Wildman–Crippen LogP) is 4.55. The Hall–Kier alpha value is -3.50. The van der Waals surface area contributed by atoms with E-state index in [1.54, 1.807) is 4.90 Å². The fourth-order valence-corrected chi connectivity index (χ4v) is 7.34. The zero-order valence-corrected chi connectivity index (χ0v) is 23.5. The number of fused-ring (bicyclic) bond motifs is 3. The van der Waals surface area contributed by atoms with E-state index in [2.05, 4.69) is 25.3 Å². The number of nitrogens with one attached hydrogen (secondary N) is 1. The number of hydrogen-bond donors (Lipinski definition) is 2. The molecule has 1 aromatic carbocycles. The van der Waals surface area contributed by atoms with E-state index in [1.165, 1.54) is 0 Å². The van der Waals surface area contributed by atoms with Gasteiger partial charge in [-0.05, 0) is 19.4 Å². The van der Waals surface area contributed by atoms with Gasteiger partial charge in [0.2, 0.25) is 0 Å². The quantitative estimate of drug-likeness (QED) is 0.310. The molecule has 43 heavy (non-hydrogen) atoms. The van der Waals surface area contributed by atoms with Crippen LogP contribution in [0.3, 0.4) is 0 Å². The summed E-state index contributed by atoms with van der Waals surface area (Å²) in [6.07, 6.45) is -3.14. The van der Waals surface area contributed by atoms with Gasteiger partial charge in [-0.25, -0.2) is 18.2 Å². The van der Waals surface area contributed by atoms with Crippen molar-refractivity contribution in [2.75, 3.05) is 56.5 Å². The normalized spacial score (nSPS) is 23.0. The number of piperazine rings is 1. The van der Waals surface area contributed by atoms with Crippen LogP contribution in [0.1, 0.15) is 24.8 Å². The molecule has 6 heterocycles. The van der Waals surface area contributed by atoms with Crippen molar-refractivity contribution < 1.29 is 31.1 Å². The van der Waals surface area contributed by atoms with E-state index >= 15 is 4.39 Å². The molecule has 0 spiro atoms. The van der Waals surface area contributed by atoms with Crippen LogP contribution in [0.5, 0.6) is 6.01 Å². The first-order chi connectivity index (χ1) is 20.5. The molecular formula is C27H26F6N8OS. The summed E-state index contributed by atoms with van der Waals surface area (Å²) in [6.45, 7) is 3.02. The van der Waals surface area contributed by atoms with Crippen LogP contribution in [0, 0.1) is 11.6 Å². The lowest BCUT2D eigenvalue weighted by atomic mass is 9.95. The maximum absolute atomic E-state index is 15.3. The molecule has 3 aromatic heterocycles. The zero-order chi connectivity index (χ0) is 30.1. The van der Waals surface area contributed by atoms with Gasteiger partial charge >= 0.3 is 12.2 Å². The summed E-state index contributed by atoms with van der Waals surface area (Å²) in [6, 6.07) is 0.184. The van der Waals surface area contributed by atoms with Crippen LogP contribution >= 0.6 is 11.3 Å². The van der Waals surface area contributed by atoms with Crippen LogP contribution in [0.2, 0.25) is 0 Å². The molecule has 3 aliphatic rings. The van der Waals surface area contributed by atoms with Crippen molar-refractivity contribution >= 4 is 43.4 Å². The van der Waals surface area contributed by atoms with Gasteiger partial charge in [0.15, 0.2) is 5.13 Å². The van der Waals surface area contributed by atoms with E-state index in [0.29, 0.717) is 56.5 Å². The van der Waals surface area contributed by atoms with Gasteiger partial charge in [-0.2, -0.15) is 23.1 Å². The number of halogens is 6. The highest BCUT2D eigenvalue weighted by atomic mass is 32.1. The van der Waals surface area contributed by atoms with E-state index in [9.17, 15) is 22.0 Å². The summed E-state index contributed by atoms with van der Waals surface area (Å²) in [5, 5.41) is 3.04. The Labute approximate surface area is 245 Å². The topological polar surface area (TPSA) is 105 Å². The van der Waals surface area contributed by atoms with Crippen molar-refractivity contribution in [1.29, 1.82) is 0 Å². The van der Waals surface area contributed by atoms with E-state index in [-0.39, 0.29) is 52.1 Å². The number of nitrogens with two attached hydrogens (primary N) is 1. The highest BCUT2D eigenvalue weighted by Gasteiger charge is 2.49. The molecule has 0 amide bonds. The van der Waals surface area contributed by atoms with Crippen molar-refractivity contribution in [3.8, 4) is 17.3 Å². The van der Waals surface area contributed by atoms with Crippen LogP contribution < -0.4 is 20.7 Å². The van der Waals surface area contributed by atoms with Crippen molar-refractivity contribution in [3.05, 3.63) is 29.5 Å². The Morgan fingerprint density at radius 2 is 1.88 bits per heavy atom. The Balaban J connectivity index is 1.43. The molecule has 4 aromatic rings. The maximum atomic E-state index is 15.3. The number of alkyl halides is 4. The van der Waals surface area contributed by atoms with Gasteiger partial charge in [0.1, 0.15) is 35.8 Å². The lowest BCUT2D eigenvalue weighted by Crippen LogP contribution is -2.44. The number of anilines is 2. The summed E-state index contributed by atoms with van der Waals surface area (Å²) < 4.78 is 95.0. The number of hydrogen-bond acceptors (Lipinski definition) is 10. The fraction of sp³-hybridized carbons (Fsp3) is 0.481. The summed E-state index contributed by atoms with van der Waals surface area (Å²) in [7, 11) is 0. The predicted molar refractivity (Wildman–Crippen MR) is 149 cm³/mol. The second-order valence-corrected chi connectivity index (χ2v) is 12.1. The van der Waals surface area contributed by atoms with Gasteiger partial charge < -0.3 is 20.7 Å². The number of rotatable bonds is 5. The molecule has 0 saturated carbocycles. The van der Waals surface area contributed by atoms with Gasteiger partial charge in [-0.3, -0.25) is 9.88 Å². The molecule has 0 aliphatic carbocycles. The molecule has 3 aliphatic heterocycles. The second-order valence-electron chi connectivity index (χ2n) is 11.1. The largest absolute Gasteiger partial charge is 0.461 e. The minimum absolute atomic E-state index is 0.00449. The Morgan fingerprint density at radius 1 is 1.09 bits per heavy atom. The summed E-state index contributed by atoms with van der Waals surface area (Å²) in [5.41, 5.74) is 1.44. The number of benzene rings is 1. The molecular weight excluding hydrogens is 598 g/mol. The fourth-order valence-electron chi connectivity index (χ4n) is 6.60. The molecule has 9 nitrogen and oxygen atoms in total. The number of pyridine rings is 1. The molecule has 228 valence electrons. The molecule has 3 fully saturated rings. The molecule has 16 heteroatoms. The SMILES string of the molecule is Nc1nc2c(-c3ncc4c(N5CCNCC5)nc(OC[C@@]56CCCN5C[C@H](F)C6)nc4c3C(F)(F)F)c(F)cc(F)c2s1. The van der Waals surface area contributed by atoms with E-state index in [1.807, 2.05) is 4.90 Å². The highest BCUT2D eigenvalue weighted by Crippen LogP contribution is 2.46. The number of nitrogen functional groups attached to an aromatic ring is 1. The van der Waals surface area contributed by atoms with Crippen LogP contribution in [-0.4, -0.2) is 82.4 Å². The van der Waals surface area contributed by atoms with Crippen molar-refractivity contribution in [2.45, 2.75) is 37.1 Å². The third-order valence-corrected chi connectivity index (χ3v) is 9.35. The van der Waals surface area contributed by atoms with Crippen molar-refractivity contribution in [3.63, 3.8) is 0 Å². The van der Waals surface area contributed by atoms with Crippen molar-refractivity contribution in [1.82, 2.24) is 30.2 Å². The average Bonchev–Trinajstić information content (AvgIpc) is 3.62. The zero-order valence-electron chi connectivity index (χ0n) is 22.6. The molecule has 3 saturated heterocycles.